The summed E-state index contributed by atoms with van der Waals surface area (Å²) in [5, 5.41) is 9.31. The lowest BCUT2D eigenvalue weighted by Crippen LogP contribution is -2.42. The Labute approximate surface area is 91.2 Å². The minimum absolute atomic E-state index is 0. The van der Waals surface area contributed by atoms with Crippen molar-refractivity contribution < 1.29 is 22.3 Å². The van der Waals surface area contributed by atoms with Gasteiger partial charge in [0.15, 0.2) is 0 Å². The molecule has 0 aliphatic rings. The van der Waals surface area contributed by atoms with Gasteiger partial charge >= 0.3 is 0 Å². The molecule has 0 heterocycles. The molecule has 0 saturated heterocycles. The average Bonchev–Trinajstić information content (AvgIpc) is 1.99. The maximum Gasteiger partial charge on any atom is 0.218 e. The van der Waals surface area contributed by atoms with Crippen molar-refractivity contribution in [3.05, 3.63) is 0 Å². The topological polar surface area (TPSA) is 123 Å². The van der Waals surface area contributed by atoms with Gasteiger partial charge in [0, 0.05) is 5.92 Å². The molecule has 6 nitrogen and oxygen atoms in total. The van der Waals surface area contributed by atoms with Gasteiger partial charge in [0.05, 0.1) is 11.7 Å². The van der Waals surface area contributed by atoms with Crippen molar-refractivity contribution in [1.82, 2.24) is 6.15 Å². The summed E-state index contributed by atoms with van der Waals surface area (Å²) < 4.78 is 35.9. The standard InChI is InChI=1S/C8H18O5S.H3N/c1-5-8(4,6(2)7(3)9)13-14(10,11)12;/h6-7,9H,5H2,1-4H3,(H,10,11,12);1H3. The molecule has 0 aliphatic carbocycles. The van der Waals surface area contributed by atoms with E-state index in [1.165, 1.54) is 13.8 Å². The van der Waals surface area contributed by atoms with Crippen LogP contribution >= 0.6 is 0 Å². The smallest absolute Gasteiger partial charge is 0.218 e. The molecule has 0 radical (unpaired) electrons. The van der Waals surface area contributed by atoms with Crippen molar-refractivity contribution in [3.63, 3.8) is 0 Å². The zero-order chi connectivity index (χ0) is 11.6. The van der Waals surface area contributed by atoms with Gasteiger partial charge in [-0.3, -0.25) is 4.18 Å². The monoisotopic (exact) mass is 243 g/mol. The first-order chi connectivity index (χ1) is 6.12. The van der Waals surface area contributed by atoms with Crippen LogP contribution in [-0.2, 0) is 14.6 Å². The number of rotatable bonds is 5. The molecule has 0 amide bonds. The third-order valence-corrected chi connectivity index (χ3v) is 3.27. The normalized spacial score (nSPS) is 19.9. The molecule has 0 fully saturated rings. The molecule has 0 aliphatic heterocycles. The highest BCUT2D eigenvalue weighted by atomic mass is 32.3. The third-order valence-electron chi connectivity index (χ3n) is 2.68. The van der Waals surface area contributed by atoms with Crippen molar-refractivity contribution in [2.75, 3.05) is 0 Å². The largest absolute Gasteiger partial charge is 0.726 e. The summed E-state index contributed by atoms with van der Waals surface area (Å²) in [7, 11) is -4.73. The lowest BCUT2D eigenvalue weighted by molar-refractivity contribution is -0.0303. The fourth-order valence-corrected chi connectivity index (χ4v) is 1.94. The van der Waals surface area contributed by atoms with Gasteiger partial charge in [0.25, 0.3) is 0 Å². The summed E-state index contributed by atoms with van der Waals surface area (Å²) in [6.45, 7) is 6.36. The zero-order valence-corrected chi connectivity index (χ0v) is 10.7. The van der Waals surface area contributed by atoms with Crippen LogP contribution in [0.2, 0.25) is 0 Å². The highest BCUT2D eigenvalue weighted by Gasteiger charge is 2.35. The van der Waals surface area contributed by atoms with Gasteiger partial charge in [-0.05, 0) is 20.3 Å². The van der Waals surface area contributed by atoms with Gasteiger partial charge in [-0.15, -0.1) is 0 Å². The summed E-state index contributed by atoms with van der Waals surface area (Å²) >= 11 is 0. The van der Waals surface area contributed by atoms with Gasteiger partial charge in [-0.25, -0.2) is 8.42 Å². The Balaban J connectivity index is 0. The summed E-state index contributed by atoms with van der Waals surface area (Å²) in [6, 6.07) is 0. The van der Waals surface area contributed by atoms with Crippen LogP contribution in [0, 0.1) is 5.92 Å². The molecule has 3 unspecified atom stereocenters. The molecule has 3 atom stereocenters. The molecule has 7 heteroatoms. The molecule has 0 bridgehead atoms. The van der Waals surface area contributed by atoms with Crippen LogP contribution in [0.3, 0.4) is 0 Å². The number of quaternary nitrogens is 1. The molecule has 0 rings (SSSR count). The number of aliphatic hydroxyl groups is 1. The van der Waals surface area contributed by atoms with Gasteiger partial charge in [-0.2, -0.15) is 0 Å². The summed E-state index contributed by atoms with van der Waals surface area (Å²) in [5.41, 5.74) is -1.14. The highest BCUT2D eigenvalue weighted by molar-refractivity contribution is 7.80. The Bertz CT molecular complexity index is 277. The van der Waals surface area contributed by atoms with Crippen LogP contribution in [0.25, 0.3) is 0 Å². The van der Waals surface area contributed by atoms with E-state index in [1.54, 1.807) is 13.8 Å². The van der Waals surface area contributed by atoms with Crippen LogP contribution < -0.4 is 6.15 Å². The second-order valence-corrected chi connectivity index (χ2v) is 4.67. The Morgan fingerprint density at radius 2 is 1.87 bits per heavy atom. The molecule has 0 aromatic carbocycles. The quantitative estimate of drug-likeness (QED) is 0.551. The van der Waals surface area contributed by atoms with Gasteiger partial charge in [-0.1, -0.05) is 13.8 Å². The van der Waals surface area contributed by atoms with Crippen molar-refractivity contribution in [1.29, 1.82) is 0 Å². The van der Waals surface area contributed by atoms with E-state index in [4.69, 9.17) is 0 Å². The van der Waals surface area contributed by atoms with E-state index in [2.05, 4.69) is 4.18 Å². The Hall–Kier alpha value is -0.210. The Morgan fingerprint density at radius 3 is 2.07 bits per heavy atom. The number of hydrogen-bond donors (Lipinski definition) is 2. The van der Waals surface area contributed by atoms with E-state index in [9.17, 15) is 18.1 Å². The maximum absolute atomic E-state index is 10.5. The number of hydrogen-bond acceptors (Lipinski definition) is 5. The molecular formula is C8H21NO5S. The minimum atomic E-state index is -4.73. The average molecular weight is 243 g/mol. The molecule has 0 spiro atoms. The van der Waals surface area contributed by atoms with Crippen LogP contribution in [-0.4, -0.2) is 29.8 Å². The zero-order valence-electron chi connectivity index (χ0n) is 9.85. The molecular weight excluding hydrogens is 222 g/mol. The lowest BCUT2D eigenvalue weighted by Gasteiger charge is -2.36. The van der Waals surface area contributed by atoms with E-state index < -0.39 is 28.0 Å². The minimum Gasteiger partial charge on any atom is -0.726 e. The van der Waals surface area contributed by atoms with E-state index in [-0.39, 0.29) is 6.15 Å². The maximum atomic E-state index is 10.5. The van der Waals surface area contributed by atoms with E-state index in [0.717, 1.165) is 0 Å². The fourth-order valence-electron chi connectivity index (χ4n) is 1.20. The van der Waals surface area contributed by atoms with Gasteiger partial charge < -0.3 is 15.8 Å². The van der Waals surface area contributed by atoms with E-state index in [1.807, 2.05) is 0 Å². The molecule has 0 aromatic rings. The van der Waals surface area contributed by atoms with E-state index >= 15 is 0 Å². The second kappa shape index (κ2) is 5.76. The first kappa shape index (κ1) is 17.2. The van der Waals surface area contributed by atoms with Crippen LogP contribution in [0.4, 0.5) is 0 Å². The number of aliphatic hydroxyl groups excluding tert-OH is 1. The molecule has 0 saturated carbocycles. The first-order valence-corrected chi connectivity index (χ1v) is 5.80. The Morgan fingerprint density at radius 1 is 1.47 bits per heavy atom. The van der Waals surface area contributed by atoms with Gasteiger partial charge in [0.2, 0.25) is 10.4 Å². The summed E-state index contributed by atoms with van der Waals surface area (Å²) in [5.74, 6) is -0.434. The predicted molar refractivity (Wildman–Crippen MR) is 56.3 cm³/mol. The van der Waals surface area contributed by atoms with Crippen molar-refractivity contribution >= 4 is 10.4 Å². The van der Waals surface area contributed by atoms with Crippen LogP contribution in [0.15, 0.2) is 0 Å². The van der Waals surface area contributed by atoms with Crippen molar-refractivity contribution in [2.24, 2.45) is 5.92 Å². The SMILES string of the molecule is CCC(C)(OS(=O)(=O)[O-])C(C)C(C)O.[NH4+]. The molecule has 15 heavy (non-hydrogen) atoms. The first-order valence-electron chi connectivity index (χ1n) is 4.47. The Kier molecular flexibility index (Phi) is 6.60. The third kappa shape index (κ3) is 5.43. The van der Waals surface area contributed by atoms with Gasteiger partial charge in [0.1, 0.15) is 0 Å². The predicted octanol–water partition coefficient (Wildman–Crippen LogP) is 1.03. The second-order valence-electron chi connectivity index (χ2n) is 3.69. The van der Waals surface area contributed by atoms with Crippen molar-refractivity contribution in [2.45, 2.75) is 45.8 Å². The summed E-state index contributed by atoms with van der Waals surface area (Å²) in [6.07, 6.45) is -0.401. The molecule has 94 valence electrons. The van der Waals surface area contributed by atoms with Crippen LogP contribution in [0.5, 0.6) is 0 Å². The van der Waals surface area contributed by atoms with E-state index in [0.29, 0.717) is 6.42 Å². The van der Waals surface area contributed by atoms with Crippen molar-refractivity contribution in [3.8, 4) is 0 Å². The fraction of sp³-hybridized carbons (Fsp3) is 1.00. The summed E-state index contributed by atoms with van der Waals surface area (Å²) in [4.78, 5) is 0. The highest BCUT2D eigenvalue weighted by Crippen LogP contribution is 2.29. The lowest BCUT2D eigenvalue weighted by atomic mass is 9.85. The molecule has 0 aromatic heterocycles. The molecule has 5 N–H and O–H groups in total. The van der Waals surface area contributed by atoms with Crippen LogP contribution in [0.1, 0.15) is 34.1 Å².